The lowest BCUT2D eigenvalue weighted by Gasteiger charge is -2.18. The van der Waals surface area contributed by atoms with E-state index in [2.05, 4.69) is 16.1 Å². The summed E-state index contributed by atoms with van der Waals surface area (Å²) < 4.78 is 7.82. The molecule has 1 aromatic carbocycles. The standard InChI is InChI=1S/C18H20Cl2N2O2/c1-4-7-24-13-6-5-12(19)17(20)16(13)11-8-15-21-14(18(2,3)23)10-22(15)9-11/h4-6,10-11,23H,1,7-9H2,2-3H3/t11-/m1/s1. The van der Waals surface area contributed by atoms with E-state index in [1.807, 2.05) is 12.3 Å². The Kier molecular flexibility index (Phi) is 4.65. The highest BCUT2D eigenvalue weighted by atomic mass is 35.5. The van der Waals surface area contributed by atoms with Gasteiger partial charge in [-0.3, -0.25) is 0 Å². The van der Waals surface area contributed by atoms with Crippen LogP contribution >= 0.6 is 23.2 Å². The van der Waals surface area contributed by atoms with Crippen LogP contribution in [0.5, 0.6) is 5.75 Å². The van der Waals surface area contributed by atoms with Crippen LogP contribution in [0, 0.1) is 0 Å². The SMILES string of the molecule is C=CCOc1ccc(Cl)c(Cl)c1[C@@H]1Cc2nc(C(C)(C)O)cn2C1. The normalized spacial score (nSPS) is 17.0. The van der Waals surface area contributed by atoms with Crippen molar-refractivity contribution >= 4 is 23.2 Å². The van der Waals surface area contributed by atoms with Crippen molar-refractivity contribution in [3.05, 3.63) is 58.1 Å². The lowest BCUT2D eigenvalue weighted by Crippen LogP contribution is -2.16. The first-order valence-electron chi connectivity index (χ1n) is 7.81. The third kappa shape index (κ3) is 3.18. The Labute approximate surface area is 151 Å². The summed E-state index contributed by atoms with van der Waals surface area (Å²) in [7, 11) is 0. The number of halogens is 2. The maximum atomic E-state index is 10.1. The van der Waals surface area contributed by atoms with Crippen LogP contribution in [0.4, 0.5) is 0 Å². The predicted molar refractivity (Wildman–Crippen MR) is 96.1 cm³/mol. The van der Waals surface area contributed by atoms with Crippen molar-refractivity contribution in [1.82, 2.24) is 9.55 Å². The van der Waals surface area contributed by atoms with E-state index in [0.29, 0.717) is 22.3 Å². The van der Waals surface area contributed by atoms with Crippen LogP contribution in [-0.4, -0.2) is 21.3 Å². The van der Waals surface area contributed by atoms with Crippen molar-refractivity contribution in [3.8, 4) is 5.75 Å². The van der Waals surface area contributed by atoms with Gasteiger partial charge in [-0.2, -0.15) is 0 Å². The van der Waals surface area contributed by atoms with E-state index in [1.165, 1.54) is 0 Å². The summed E-state index contributed by atoms with van der Waals surface area (Å²) in [6.45, 7) is 8.28. The number of imidazole rings is 1. The van der Waals surface area contributed by atoms with Crippen LogP contribution in [-0.2, 0) is 18.6 Å². The smallest absolute Gasteiger partial charge is 0.124 e. The molecule has 1 aromatic heterocycles. The molecular weight excluding hydrogens is 347 g/mol. The summed E-state index contributed by atoms with van der Waals surface area (Å²) in [6, 6.07) is 3.59. The first kappa shape index (κ1) is 17.3. The maximum Gasteiger partial charge on any atom is 0.124 e. The average Bonchev–Trinajstić information content (AvgIpc) is 3.06. The fourth-order valence-electron chi connectivity index (χ4n) is 2.99. The van der Waals surface area contributed by atoms with Crippen LogP contribution in [0.3, 0.4) is 0 Å². The second-order valence-corrected chi connectivity index (χ2v) is 7.31. The Hall–Kier alpha value is -1.49. The lowest BCUT2D eigenvalue weighted by atomic mass is 9.96. The van der Waals surface area contributed by atoms with E-state index in [4.69, 9.17) is 27.9 Å². The molecule has 0 fully saturated rings. The molecule has 24 heavy (non-hydrogen) atoms. The third-order valence-corrected chi connectivity index (χ3v) is 5.01. The largest absolute Gasteiger partial charge is 0.489 e. The minimum Gasteiger partial charge on any atom is -0.489 e. The second-order valence-electron chi connectivity index (χ2n) is 6.53. The monoisotopic (exact) mass is 366 g/mol. The number of aromatic nitrogens is 2. The summed E-state index contributed by atoms with van der Waals surface area (Å²) in [4.78, 5) is 4.56. The summed E-state index contributed by atoms with van der Waals surface area (Å²) in [5, 5.41) is 11.1. The number of hydrogen-bond donors (Lipinski definition) is 1. The number of benzene rings is 1. The van der Waals surface area contributed by atoms with E-state index in [-0.39, 0.29) is 5.92 Å². The quantitative estimate of drug-likeness (QED) is 0.801. The van der Waals surface area contributed by atoms with Gasteiger partial charge in [0, 0.05) is 30.6 Å². The molecule has 0 bridgehead atoms. The Balaban J connectivity index is 1.92. The summed E-state index contributed by atoms with van der Waals surface area (Å²) >= 11 is 12.7. The molecule has 0 unspecified atom stereocenters. The summed E-state index contributed by atoms with van der Waals surface area (Å²) in [6.07, 6.45) is 4.32. The zero-order valence-corrected chi connectivity index (χ0v) is 15.2. The highest BCUT2D eigenvalue weighted by Crippen LogP contribution is 2.42. The first-order valence-corrected chi connectivity index (χ1v) is 8.57. The van der Waals surface area contributed by atoms with Gasteiger partial charge < -0.3 is 14.4 Å². The fourth-order valence-corrected chi connectivity index (χ4v) is 3.46. The van der Waals surface area contributed by atoms with Crippen molar-refractivity contribution in [2.75, 3.05) is 6.61 Å². The topological polar surface area (TPSA) is 47.3 Å². The molecule has 3 rings (SSSR count). The van der Waals surface area contributed by atoms with Gasteiger partial charge in [0.25, 0.3) is 0 Å². The predicted octanol–water partition coefficient (Wildman–Crippen LogP) is 4.32. The molecule has 2 aromatic rings. The molecule has 1 atom stereocenters. The van der Waals surface area contributed by atoms with Gasteiger partial charge in [0.1, 0.15) is 23.8 Å². The van der Waals surface area contributed by atoms with Gasteiger partial charge in [-0.1, -0.05) is 35.9 Å². The number of hydrogen-bond acceptors (Lipinski definition) is 3. The van der Waals surface area contributed by atoms with Crippen LogP contribution < -0.4 is 4.74 Å². The van der Waals surface area contributed by atoms with Gasteiger partial charge in [0.2, 0.25) is 0 Å². The van der Waals surface area contributed by atoms with Crippen molar-refractivity contribution in [2.45, 2.75) is 38.3 Å². The second kappa shape index (κ2) is 6.43. The molecule has 0 spiro atoms. The van der Waals surface area contributed by atoms with Gasteiger partial charge in [-0.15, -0.1) is 0 Å². The molecule has 1 aliphatic rings. The molecule has 1 N–H and O–H groups in total. The third-order valence-electron chi connectivity index (χ3n) is 4.19. The van der Waals surface area contributed by atoms with Gasteiger partial charge in [-0.25, -0.2) is 4.98 Å². The number of ether oxygens (including phenoxy) is 1. The van der Waals surface area contributed by atoms with Gasteiger partial charge in [0.15, 0.2) is 0 Å². The highest BCUT2D eigenvalue weighted by Gasteiger charge is 2.32. The number of rotatable bonds is 5. The molecule has 128 valence electrons. The van der Waals surface area contributed by atoms with Crippen molar-refractivity contribution in [2.24, 2.45) is 0 Å². The molecule has 0 saturated carbocycles. The molecular formula is C18H20Cl2N2O2. The molecule has 0 radical (unpaired) electrons. The van der Waals surface area contributed by atoms with E-state index in [1.54, 1.807) is 26.0 Å². The van der Waals surface area contributed by atoms with E-state index in [9.17, 15) is 5.11 Å². The van der Waals surface area contributed by atoms with Crippen molar-refractivity contribution in [3.63, 3.8) is 0 Å². The molecule has 4 nitrogen and oxygen atoms in total. The number of aliphatic hydroxyl groups is 1. The van der Waals surface area contributed by atoms with Crippen molar-refractivity contribution < 1.29 is 9.84 Å². The zero-order valence-electron chi connectivity index (χ0n) is 13.7. The zero-order chi connectivity index (χ0) is 17.5. The molecule has 0 saturated heterocycles. The van der Waals surface area contributed by atoms with Gasteiger partial charge in [0.05, 0.1) is 15.7 Å². The maximum absolute atomic E-state index is 10.1. The average molecular weight is 367 g/mol. The van der Waals surface area contributed by atoms with E-state index < -0.39 is 5.60 Å². The van der Waals surface area contributed by atoms with Crippen molar-refractivity contribution in [1.29, 1.82) is 0 Å². The van der Waals surface area contributed by atoms with Crippen LogP contribution in [0.25, 0.3) is 0 Å². The Bertz CT molecular complexity index is 755. The molecule has 2 heterocycles. The van der Waals surface area contributed by atoms with Crippen LogP contribution in [0.2, 0.25) is 10.0 Å². The number of fused-ring (bicyclic) bond motifs is 1. The molecule has 0 aliphatic carbocycles. The highest BCUT2D eigenvalue weighted by molar-refractivity contribution is 6.42. The van der Waals surface area contributed by atoms with E-state index in [0.717, 1.165) is 30.1 Å². The van der Waals surface area contributed by atoms with Crippen LogP contribution in [0.15, 0.2) is 31.0 Å². The number of nitrogens with zero attached hydrogens (tertiary/aromatic N) is 2. The summed E-state index contributed by atoms with van der Waals surface area (Å²) in [5.74, 6) is 1.79. The minimum atomic E-state index is -0.946. The summed E-state index contributed by atoms with van der Waals surface area (Å²) in [5.41, 5.74) is 0.635. The van der Waals surface area contributed by atoms with Gasteiger partial charge >= 0.3 is 0 Å². The first-order chi connectivity index (χ1) is 11.3. The van der Waals surface area contributed by atoms with Gasteiger partial charge in [-0.05, 0) is 26.0 Å². The van der Waals surface area contributed by atoms with E-state index >= 15 is 0 Å². The van der Waals surface area contributed by atoms with Crippen LogP contribution in [0.1, 0.15) is 36.8 Å². The Morgan fingerprint density at radius 2 is 2.21 bits per heavy atom. The Morgan fingerprint density at radius 3 is 2.83 bits per heavy atom. The minimum absolute atomic E-state index is 0.134. The molecule has 6 heteroatoms. The molecule has 0 amide bonds. The molecule has 1 aliphatic heterocycles. The lowest BCUT2D eigenvalue weighted by molar-refractivity contribution is 0.0740. The fraction of sp³-hybridized carbons (Fsp3) is 0.389. The Morgan fingerprint density at radius 1 is 1.46 bits per heavy atom.